The van der Waals surface area contributed by atoms with E-state index < -0.39 is 22.8 Å². The zero-order valence-corrected chi connectivity index (χ0v) is 13.7. The molecular formula is C16H21NO7. The van der Waals surface area contributed by atoms with Gasteiger partial charge >= 0.3 is 17.6 Å². The molecule has 0 radical (unpaired) electrons. The van der Waals surface area contributed by atoms with E-state index >= 15 is 0 Å². The average Bonchev–Trinajstić information content (AvgIpc) is 2.55. The number of nitro groups is 1. The maximum Gasteiger partial charge on any atom is 0.320 e. The monoisotopic (exact) mass is 339 g/mol. The first-order valence-corrected chi connectivity index (χ1v) is 7.70. The van der Waals surface area contributed by atoms with Gasteiger partial charge in [-0.3, -0.25) is 19.7 Å². The number of benzene rings is 1. The summed E-state index contributed by atoms with van der Waals surface area (Å²) < 4.78 is 15.1. The second-order valence-corrected chi connectivity index (χ2v) is 4.77. The van der Waals surface area contributed by atoms with Gasteiger partial charge in [0.1, 0.15) is 0 Å². The predicted octanol–water partition coefficient (Wildman–Crippen LogP) is 2.50. The summed E-state index contributed by atoms with van der Waals surface area (Å²) in [5, 5.41) is 10.9. The summed E-state index contributed by atoms with van der Waals surface area (Å²) in [7, 11) is 0. The molecule has 0 amide bonds. The molecular weight excluding hydrogens is 318 g/mol. The van der Waals surface area contributed by atoms with Crippen LogP contribution in [0.25, 0.3) is 0 Å². The van der Waals surface area contributed by atoms with E-state index in [1.807, 2.05) is 0 Å². The summed E-state index contributed by atoms with van der Waals surface area (Å²) in [6.45, 7) is 3.76. The molecule has 0 aliphatic carbocycles. The number of hydrogen-bond acceptors (Lipinski definition) is 7. The maximum absolute atomic E-state index is 11.8. The number of carbonyl (C=O) groups excluding carboxylic acids is 2. The number of carbonyl (C=O) groups is 2. The lowest BCUT2D eigenvalue weighted by molar-refractivity contribution is -0.385. The highest BCUT2D eigenvalue weighted by Crippen LogP contribution is 2.26. The van der Waals surface area contributed by atoms with Crippen molar-refractivity contribution >= 4 is 17.6 Å². The number of nitrogens with zero attached hydrogens (tertiary/aromatic N) is 1. The number of para-hydroxylation sites is 2. The second-order valence-electron chi connectivity index (χ2n) is 4.77. The summed E-state index contributed by atoms with van der Waals surface area (Å²) in [5.74, 6) is -2.14. The smallest absolute Gasteiger partial charge is 0.320 e. The van der Waals surface area contributed by atoms with Gasteiger partial charge in [-0.25, -0.2) is 0 Å². The van der Waals surface area contributed by atoms with Crippen LogP contribution in [0.5, 0.6) is 5.75 Å². The summed E-state index contributed by atoms with van der Waals surface area (Å²) in [4.78, 5) is 34.0. The Morgan fingerprint density at radius 1 is 1.12 bits per heavy atom. The summed E-state index contributed by atoms with van der Waals surface area (Å²) in [6, 6.07) is 6.01. The molecule has 0 aromatic heterocycles. The molecule has 0 unspecified atom stereocenters. The molecule has 0 bridgehead atoms. The van der Waals surface area contributed by atoms with Crippen molar-refractivity contribution in [2.75, 3.05) is 19.8 Å². The first-order valence-electron chi connectivity index (χ1n) is 7.70. The van der Waals surface area contributed by atoms with Crippen LogP contribution in [-0.2, 0) is 19.1 Å². The fourth-order valence-corrected chi connectivity index (χ4v) is 2.02. The molecule has 1 aromatic carbocycles. The molecule has 132 valence electrons. The number of nitro benzene ring substituents is 1. The van der Waals surface area contributed by atoms with Gasteiger partial charge in [0.25, 0.3) is 0 Å². The molecule has 24 heavy (non-hydrogen) atoms. The lowest BCUT2D eigenvalue weighted by Crippen LogP contribution is -2.28. The first-order chi connectivity index (χ1) is 11.5. The summed E-state index contributed by atoms with van der Waals surface area (Å²) in [6.07, 6.45) is 0.520. The van der Waals surface area contributed by atoms with E-state index in [9.17, 15) is 19.7 Å². The van der Waals surface area contributed by atoms with Crippen LogP contribution in [0.15, 0.2) is 24.3 Å². The molecule has 8 heteroatoms. The molecule has 0 N–H and O–H groups in total. The quantitative estimate of drug-likeness (QED) is 0.212. The molecule has 0 saturated carbocycles. The normalized spacial score (nSPS) is 10.3. The fourth-order valence-electron chi connectivity index (χ4n) is 2.02. The van der Waals surface area contributed by atoms with Gasteiger partial charge in [0.2, 0.25) is 0 Å². The van der Waals surface area contributed by atoms with Crippen molar-refractivity contribution in [2.45, 2.75) is 26.7 Å². The zero-order valence-electron chi connectivity index (χ0n) is 13.7. The Hall–Kier alpha value is -2.64. The number of esters is 2. The lowest BCUT2D eigenvalue weighted by Gasteiger charge is -2.14. The fraction of sp³-hybridized carbons (Fsp3) is 0.500. The van der Waals surface area contributed by atoms with Crippen LogP contribution in [0.3, 0.4) is 0 Å². The van der Waals surface area contributed by atoms with Crippen LogP contribution in [0, 0.1) is 16.0 Å². The topological polar surface area (TPSA) is 105 Å². The molecule has 1 aromatic rings. The van der Waals surface area contributed by atoms with Crippen LogP contribution in [0.4, 0.5) is 5.69 Å². The van der Waals surface area contributed by atoms with Gasteiger partial charge in [-0.1, -0.05) is 12.1 Å². The molecule has 1 rings (SSSR count). The molecule has 0 aliphatic heterocycles. The maximum atomic E-state index is 11.8. The largest absolute Gasteiger partial charge is 0.487 e. The third kappa shape index (κ3) is 5.86. The van der Waals surface area contributed by atoms with Crippen molar-refractivity contribution in [2.24, 2.45) is 5.92 Å². The van der Waals surface area contributed by atoms with E-state index in [-0.39, 0.29) is 37.7 Å². The van der Waals surface area contributed by atoms with Gasteiger partial charge in [0, 0.05) is 6.07 Å². The van der Waals surface area contributed by atoms with E-state index in [1.54, 1.807) is 26.0 Å². The van der Waals surface area contributed by atoms with E-state index in [4.69, 9.17) is 14.2 Å². The third-order valence-corrected chi connectivity index (χ3v) is 3.10. The molecule has 0 saturated heterocycles. The van der Waals surface area contributed by atoms with Gasteiger partial charge in [0.15, 0.2) is 11.7 Å². The zero-order chi connectivity index (χ0) is 17.9. The van der Waals surface area contributed by atoms with Gasteiger partial charge in [0.05, 0.1) is 24.7 Å². The standard InChI is InChI=1S/C16H21NO7/c1-3-22-15(18)12(16(19)23-4-2)8-7-11-24-14-10-6-5-9-13(14)17(20)21/h5-6,9-10,12H,3-4,7-8,11H2,1-2H3. The van der Waals surface area contributed by atoms with Gasteiger partial charge in [-0.2, -0.15) is 0 Å². The minimum absolute atomic E-state index is 0.125. The van der Waals surface area contributed by atoms with Crippen molar-refractivity contribution in [1.82, 2.24) is 0 Å². The summed E-state index contributed by atoms with van der Waals surface area (Å²) >= 11 is 0. The Morgan fingerprint density at radius 2 is 1.71 bits per heavy atom. The van der Waals surface area contributed by atoms with Crippen LogP contribution >= 0.6 is 0 Å². The third-order valence-electron chi connectivity index (χ3n) is 3.10. The molecule has 0 fully saturated rings. The van der Waals surface area contributed by atoms with Crippen LogP contribution in [0.1, 0.15) is 26.7 Å². The van der Waals surface area contributed by atoms with Crippen molar-refractivity contribution in [3.63, 3.8) is 0 Å². The van der Waals surface area contributed by atoms with E-state index in [0.717, 1.165) is 0 Å². The molecule has 8 nitrogen and oxygen atoms in total. The van der Waals surface area contributed by atoms with Crippen molar-refractivity contribution in [1.29, 1.82) is 0 Å². The average molecular weight is 339 g/mol. The molecule has 0 heterocycles. The Morgan fingerprint density at radius 3 is 2.25 bits per heavy atom. The van der Waals surface area contributed by atoms with Gasteiger partial charge < -0.3 is 14.2 Å². The van der Waals surface area contributed by atoms with Crippen LogP contribution < -0.4 is 4.74 Å². The molecule has 0 atom stereocenters. The highest BCUT2D eigenvalue weighted by Gasteiger charge is 2.29. The van der Waals surface area contributed by atoms with E-state index in [0.29, 0.717) is 6.42 Å². The van der Waals surface area contributed by atoms with Crippen molar-refractivity contribution in [3.8, 4) is 5.75 Å². The SMILES string of the molecule is CCOC(=O)C(CCCOc1ccccc1[N+](=O)[O-])C(=O)OCC. The number of hydrogen-bond donors (Lipinski definition) is 0. The van der Waals surface area contributed by atoms with E-state index in [2.05, 4.69) is 0 Å². The molecule has 0 aliphatic rings. The van der Waals surface area contributed by atoms with E-state index in [1.165, 1.54) is 12.1 Å². The van der Waals surface area contributed by atoms with Crippen molar-refractivity contribution < 1.29 is 28.7 Å². The van der Waals surface area contributed by atoms with Crippen LogP contribution in [0.2, 0.25) is 0 Å². The second kappa shape index (κ2) is 10.2. The Balaban J connectivity index is 2.58. The van der Waals surface area contributed by atoms with Crippen molar-refractivity contribution in [3.05, 3.63) is 34.4 Å². The highest BCUT2D eigenvalue weighted by atomic mass is 16.6. The Bertz CT molecular complexity index is 555. The lowest BCUT2D eigenvalue weighted by atomic mass is 10.0. The summed E-state index contributed by atoms with van der Waals surface area (Å²) in [5.41, 5.74) is -0.134. The number of ether oxygens (including phenoxy) is 3. The number of rotatable bonds is 10. The minimum atomic E-state index is -1.01. The van der Waals surface area contributed by atoms with Crippen LogP contribution in [-0.4, -0.2) is 36.7 Å². The van der Waals surface area contributed by atoms with Gasteiger partial charge in [-0.15, -0.1) is 0 Å². The molecule has 0 spiro atoms. The predicted molar refractivity (Wildman–Crippen MR) is 84.6 cm³/mol. The Labute approximate surface area is 139 Å². The highest BCUT2D eigenvalue weighted by molar-refractivity contribution is 5.94. The van der Waals surface area contributed by atoms with Gasteiger partial charge in [-0.05, 0) is 32.8 Å². The first kappa shape index (κ1) is 19.4. The Kier molecular flexibility index (Phi) is 8.24. The minimum Gasteiger partial charge on any atom is -0.487 e.